The Morgan fingerprint density at radius 1 is 1.26 bits per heavy atom. The number of ether oxygens (including phenoxy) is 3. The number of carbonyl (C=O) groups excluding carboxylic acids is 3. The lowest BCUT2D eigenvalue weighted by atomic mass is 9.70. The van der Waals surface area contributed by atoms with Crippen molar-refractivity contribution in [3.8, 4) is 5.75 Å². The first-order valence-corrected chi connectivity index (χ1v) is 13.8. The van der Waals surface area contributed by atoms with E-state index >= 15 is 0 Å². The smallest absolute Gasteiger partial charge is 0.312 e. The van der Waals surface area contributed by atoms with E-state index < -0.39 is 35.6 Å². The maximum atomic E-state index is 14.3. The van der Waals surface area contributed by atoms with Crippen molar-refractivity contribution in [2.24, 2.45) is 11.8 Å². The Morgan fingerprint density at radius 2 is 2.00 bits per heavy atom. The highest BCUT2D eigenvalue weighted by Crippen LogP contribution is 2.60. The molecule has 3 heterocycles. The molecule has 2 amide bonds. The van der Waals surface area contributed by atoms with Crippen molar-refractivity contribution in [3.05, 3.63) is 49.6 Å². The lowest BCUT2D eigenvalue weighted by Crippen LogP contribution is -2.57. The van der Waals surface area contributed by atoms with E-state index in [0.29, 0.717) is 37.1 Å². The maximum Gasteiger partial charge on any atom is 0.312 e. The molecule has 0 radical (unpaired) electrons. The molecule has 3 unspecified atom stereocenters. The van der Waals surface area contributed by atoms with Crippen LogP contribution in [0.25, 0.3) is 0 Å². The molecule has 0 aromatic heterocycles. The maximum absolute atomic E-state index is 14.3. The van der Waals surface area contributed by atoms with E-state index in [2.05, 4.69) is 29.1 Å². The molecule has 0 aliphatic carbocycles. The van der Waals surface area contributed by atoms with Crippen molar-refractivity contribution in [2.75, 3.05) is 38.3 Å². The fourth-order valence-corrected chi connectivity index (χ4v) is 6.96. The van der Waals surface area contributed by atoms with Gasteiger partial charge in [-0.25, -0.2) is 0 Å². The van der Waals surface area contributed by atoms with Gasteiger partial charge in [0.2, 0.25) is 5.91 Å². The normalized spacial score (nSPS) is 29.2. The van der Waals surface area contributed by atoms with E-state index in [0.717, 1.165) is 0 Å². The number of alkyl halides is 1. The third-order valence-electron chi connectivity index (χ3n) is 7.61. The monoisotopic (exact) mass is 590 g/mol. The standard InChI is InChI=1S/C28H35BrN2O7/c1-4-6-7-16-37-27(35)21-22-25(33)31(14-8-15-32)24(28(22)17-20(29)23(21)38-28)26(34)30(13-5-2)18-9-11-19(36-3)12-10-18/h4-5,9-12,20-24,32H,1-2,6-8,13-17H2,3H3/t20?,21-,22+,23-,24?,28?/m1/s1. The molecule has 206 valence electrons. The zero-order valence-electron chi connectivity index (χ0n) is 21.6. The Hall–Kier alpha value is -2.69. The summed E-state index contributed by atoms with van der Waals surface area (Å²) in [4.78, 5) is 44.3. The average Bonchev–Trinajstić information content (AvgIpc) is 3.51. The molecular formula is C28H35BrN2O7. The second-order valence-electron chi connectivity index (χ2n) is 9.81. The van der Waals surface area contributed by atoms with Gasteiger partial charge in [0.25, 0.3) is 5.91 Å². The van der Waals surface area contributed by atoms with Crippen LogP contribution in [0, 0.1) is 11.8 Å². The van der Waals surface area contributed by atoms with Crippen LogP contribution >= 0.6 is 15.9 Å². The lowest BCUT2D eigenvalue weighted by Gasteiger charge is -2.37. The van der Waals surface area contributed by atoms with Crippen LogP contribution in [0.15, 0.2) is 49.6 Å². The third-order valence-corrected chi connectivity index (χ3v) is 8.46. The number of aliphatic hydroxyl groups excluding tert-OH is 1. The molecule has 0 saturated carbocycles. The van der Waals surface area contributed by atoms with Crippen LogP contribution in [0.2, 0.25) is 0 Å². The van der Waals surface area contributed by atoms with Crippen molar-refractivity contribution >= 4 is 39.4 Å². The van der Waals surface area contributed by atoms with Crippen molar-refractivity contribution in [2.45, 2.75) is 48.3 Å². The van der Waals surface area contributed by atoms with E-state index in [1.807, 2.05) is 0 Å². The number of rotatable bonds is 13. The summed E-state index contributed by atoms with van der Waals surface area (Å²) in [7, 11) is 1.57. The first kappa shape index (κ1) is 28.3. The Kier molecular flexibility index (Phi) is 8.95. The molecule has 3 aliphatic heterocycles. The van der Waals surface area contributed by atoms with Gasteiger partial charge >= 0.3 is 5.97 Å². The van der Waals surface area contributed by atoms with Crippen LogP contribution in [0.3, 0.4) is 0 Å². The predicted octanol–water partition coefficient (Wildman–Crippen LogP) is 2.85. The van der Waals surface area contributed by atoms with Crippen LogP contribution in [0.4, 0.5) is 5.69 Å². The fourth-order valence-electron chi connectivity index (χ4n) is 6.02. The quantitative estimate of drug-likeness (QED) is 0.163. The van der Waals surface area contributed by atoms with E-state index in [1.54, 1.807) is 48.4 Å². The van der Waals surface area contributed by atoms with Gasteiger partial charge in [-0.15, -0.1) is 13.2 Å². The lowest BCUT2D eigenvalue weighted by molar-refractivity contribution is -0.155. The van der Waals surface area contributed by atoms with Crippen LogP contribution in [0.5, 0.6) is 5.75 Å². The van der Waals surface area contributed by atoms with E-state index in [9.17, 15) is 19.5 Å². The summed E-state index contributed by atoms with van der Waals surface area (Å²) in [5, 5.41) is 9.54. The topological polar surface area (TPSA) is 106 Å². The number of esters is 1. The summed E-state index contributed by atoms with van der Waals surface area (Å²) >= 11 is 3.66. The Morgan fingerprint density at radius 3 is 2.63 bits per heavy atom. The largest absolute Gasteiger partial charge is 0.497 e. The van der Waals surface area contributed by atoms with E-state index in [1.165, 1.54) is 4.90 Å². The number of aliphatic hydroxyl groups is 1. The van der Waals surface area contributed by atoms with Crippen LogP contribution in [-0.2, 0) is 23.9 Å². The van der Waals surface area contributed by atoms with Gasteiger partial charge in [0, 0.05) is 30.2 Å². The number of anilines is 1. The van der Waals surface area contributed by atoms with Crippen molar-refractivity contribution in [1.82, 2.24) is 4.90 Å². The van der Waals surface area contributed by atoms with Gasteiger partial charge in [0.05, 0.1) is 31.7 Å². The molecule has 2 bridgehead atoms. The van der Waals surface area contributed by atoms with Gasteiger partial charge in [0.15, 0.2) is 0 Å². The summed E-state index contributed by atoms with van der Waals surface area (Å²) in [6, 6.07) is 6.08. The second kappa shape index (κ2) is 12.0. The molecule has 1 aromatic rings. The number of hydrogen-bond donors (Lipinski definition) is 1. The molecule has 3 aliphatic rings. The molecule has 10 heteroatoms. The van der Waals surface area contributed by atoms with Crippen molar-refractivity contribution < 1.29 is 33.7 Å². The average molecular weight is 591 g/mol. The number of amides is 2. The molecule has 9 nitrogen and oxygen atoms in total. The van der Waals surface area contributed by atoms with Crippen LogP contribution < -0.4 is 9.64 Å². The van der Waals surface area contributed by atoms with E-state index in [4.69, 9.17) is 14.2 Å². The van der Waals surface area contributed by atoms with Gasteiger partial charge in [-0.1, -0.05) is 28.1 Å². The molecular weight excluding hydrogens is 556 g/mol. The second-order valence-corrected chi connectivity index (χ2v) is 11.0. The van der Waals surface area contributed by atoms with Crippen molar-refractivity contribution in [3.63, 3.8) is 0 Å². The molecule has 1 spiro atoms. The highest BCUT2D eigenvalue weighted by molar-refractivity contribution is 9.09. The Balaban J connectivity index is 1.70. The SMILES string of the molecule is C=CCCCOC(=O)[C@H]1[C@@H]2OC3(CC2Br)C(C(=O)N(CC=C)c2ccc(OC)cc2)N(CCCO)C(=O)[C@H]13. The minimum absolute atomic E-state index is 0.142. The molecule has 1 aromatic carbocycles. The number of hydrogen-bond acceptors (Lipinski definition) is 7. The molecule has 3 saturated heterocycles. The Labute approximate surface area is 231 Å². The summed E-state index contributed by atoms with van der Waals surface area (Å²) < 4.78 is 17.3. The number of nitrogens with zero attached hydrogens (tertiary/aromatic N) is 2. The zero-order valence-corrected chi connectivity index (χ0v) is 23.2. The van der Waals surface area contributed by atoms with Gasteiger partial charge in [-0.3, -0.25) is 14.4 Å². The highest BCUT2D eigenvalue weighted by atomic mass is 79.9. The molecule has 4 rings (SSSR count). The van der Waals surface area contributed by atoms with Gasteiger partial charge < -0.3 is 29.1 Å². The van der Waals surface area contributed by atoms with E-state index in [-0.39, 0.29) is 42.9 Å². The number of unbranched alkanes of at least 4 members (excludes halogenated alkanes) is 1. The summed E-state index contributed by atoms with van der Waals surface area (Å²) in [5.41, 5.74) is -0.578. The molecule has 1 N–H and O–H groups in total. The molecule has 3 fully saturated rings. The zero-order chi connectivity index (χ0) is 27.4. The summed E-state index contributed by atoms with van der Waals surface area (Å²) in [5.74, 6) is -2.16. The fraction of sp³-hybridized carbons (Fsp3) is 0.536. The van der Waals surface area contributed by atoms with Gasteiger partial charge in [-0.05, 0) is 49.9 Å². The Bertz CT molecular complexity index is 1060. The third kappa shape index (κ3) is 4.89. The van der Waals surface area contributed by atoms with Gasteiger partial charge in [0.1, 0.15) is 17.4 Å². The van der Waals surface area contributed by atoms with Crippen molar-refractivity contribution in [1.29, 1.82) is 0 Å². The number of halogens is 1. The number of fused-ring (bicyclic) bond motifs is 1. The summed E-state index contributed by atoms with van der Waals surface area (Å²) in [6.07, 6.45) is 4.82. The number of allylic oxidation sites excluding steroid dienone is 1. The summed E-state index contributed by atoms with van der Waals surface area (Å²) in [6.45, 7) is 7.94. The minimum Gasteiger partial charge on any atom is -0.497 e. The first-order valence-electron chi connectivity index (χ1n) is 12.9. The van der Waals surface area contributed by atoms with Crippen LogP contribution in [-0.4, -0.2) is 83.8 Å². The number of carbonyl (C=O) groups is 3. The highest BCUT2D eigenvalue weighted by Gasteiger charge is 2.77. The predicted molar refractivity (Wildman–Crippen MR) is 145 cm³/mol. The number of likely N-dealkylation sites (tertiary alicyclic amines) is 1. The van der Waals surface area contributed by atoms with Crippen LogP contribution in [0.1, 0.15) is 25.7 Å². The number of methoxy groups -OCH3 is 1. The van der Waals surface area contributed by atoms with Gasteiger partial charge in [-0.2, -0.15) is 0 Å². The molecule has 6 atom stereocenters. The molecule has 38 heavy (non-hydrogen) atoms. The minimum atomic E-state index is -1.20. The number of benzene rings is 1. The first-order chi connectivity index (χ1) is 18.3.